The number of hydrogen-bond donors (Lipinski definition) is 18. The monoisotopic (exact) mass is 1370 g/mol. The van der Waals surface area contributed by atoms with Gasteiger partial charge in [0.1, 0.15) is 146 Å². The third-order valence-corrected chi connectivity index (χ3v) is 24.1. The molecule has 33 nitrogen and oxygen atoms in total. The second kappa shape index (κ2) is 28.9. The zero-order valence-electron chi connectivity index (χ0n) is 53.4. The van der Waals surface area contributed by atoms with Crippen LogP contribution in [0.5, 0.6) is 0 Å². The first-order valence-corrected chi connectivity index (χ1v) is 33.7. The molecule has 0 amide bonds. The molecule has 8 saturated heterocycles. The highest BCUT2D eigenvalue weighted by molar-refractivity contribution is 5.87. The number of carbonyl (C=O) groups is 1. The zero-order valence-corrected chi connectivity index (χ0v) is 53.4. The highest BCUT2D eigenvalue weighted by Gasteiger charge is 2.72. The fourth-order valence-corrected chi connectivity index (χ4v) is 18.5. The molecule has 4 aliphatic carbocycles. The lowest BCUT2D eigenvalue weighted by Crippen LogP contribution is -2.69. The predicted octanol–water partition coefficient (Wildman–Crippen LogP) is -7.44. The van der Waals surface area contributed by atoms with Gasteiger partial charge in [0.25, 0.3) is 0 Å². The van der Waals surface area contributed by atoms with E-state index in [0.717, 1.165) is 32.1 Å². The number of carbonyl (C=O) groups excluding carboxylic acids is 1. The van der Waals surface area contributed by atoms with Gasteiger partial charge < -0.3 is 158 Å². The van der Waals surface area contributed by atoms with Gasteiger partial charge in [-0.2, -0.15) is 0 Å². The van der Waals surface area contributed by atoms with Crippen molar-refractivity contribution in [1.29, 1.82) is 0 Å². The van der Waals surface area contributed by atoms with Crippen LogP contribution in [0.3, 0.4) is 0 Å². The Balaban J connectivity index is 0.733. The molecule has 1 spiro atoms. The molecule has 18 N–H and O–H groups in total. The van der Waals surface area contributed by atoms with Gasteiger partial charge in [-0.3, -0.25) is 4.79 Å². The van der Waals surface area contributed by atoms with E-state index in [9.17, 15) is 96.7 Å². The third kappa shape index (κ3) is 13.0. The van der Waals surface area contributed by atoms with E-state index in [0.29, 0.717) is 49.9 Å². The number of Topliss-reactive ketones (excluding diaryl/α,β-unsaturated/α-hetero) is 1. The molecule has 4 saturated carbocycles. The molecule has 8 aliphatic heterocycles. The molecule has 0 bridgehead atoms. The Hall–Kier alpha value is -1.61. The summed E-state index contributed by atoms with van der Waals surface area (Å²) in [6.45, 7) is 4.04. The summed E-state index contributed by atoms with van der Waals surface area (Å²) in [5.41, 5.74) is -0.742. The number of ketones is 1. The van der Waals surface area contributed by atoms with Gasteiger partial charge in [0, 0.05) is 30.1 Å². The number of aliphatic hydroxyl groups is 18. The van der Waals surface area contributed by atoms with E-state index in [-0.39, 0.29) is 41.1 Å². The summed E-state index contributed by atoms with van der Waals surface area (Å²) in [7, 11) is 0. The summed E-state index contributed by atoms with van der Waals surface area (Å²) in [6, 6.07) is 0. The van der Waals surface area contributed by atoms with Crippen LogP contribution < -0.4 is 0 Å². The molecule has 0 aromatic carbocycles. The summed E-state index contributed by atoms with van der Waals surface area (Å²) in [5, 5.41) is 198. The van der Waals surface area contributed by atoms with E-state index in [4.69, 9.17) is 66.3 Å². The lowest BCUT2D eigenvalue weighted by molar-refractivity contribution is -0.407. The molecule has 12 fully saturated rings. The van der Waals surface area contributed by atoms with Crippen molar-refractivity contribution in [2.75, 3.05) is 46.2 Å². The lowest BCUT2D eigenvalue weighted by Gasteiger charge is -2.60. The van der Waals surface area contributed by atoms with Crippen molar-refractivity contribution in [2.24, 2.45) is 52.3 Å². The Morgan fingerprint density at radius 1 is 0.453 bits per heavy atom. The molecule has 33 heteroatoms. The molecule has 95 heavy (non-hydrogen) atoms. The molecule has 12 rings (SSSR count). The number of hydrogen-bond acceptors (Lipinski definition) is 33. The van der Waals surface area contributed by atoms with Crippen LogP contribution in [0.2, 0.25) is 0 Å². The molecule has 8 heterocycles. The summed E-state index contributed by atoms with van der Waals surface area (Å²) in [4.78, 5) is 14.8. The summed E-state index contributed by atoms with van der Waals surface area (Å²) in [6.07, 6.45) is -49.4. The van der Waals surface area contributed by atoms with Crippen LogP contribution in [0.1, 0.15) is 85.5 Å². The van der Waals surface area contributed by atoms with Gasteiger partial charge in [-0.25, -0.2) is 0 Å². The maximum atomic E-state index is 14.8. The number of ether oxygens (including phenoxy) is 14. The molecule has 12 unspecified atom stereocenters. The van der Waals surface area contributed by atoms with Crippen LogP contribution in [0.15, 0.2) is 0 Å². The second-order valence-electron chi connectivity index (χ2n) is 29.4. The standard InChI is InChI=1S/C62H100O33/c1-21-7-10-62(83-19-21)22(2)36-29(95-62)12-27-25-6-5-23-11-24(8-9-60(23,3)26(25)13-35(69)61(27,36)4)84-55-46(79)43(76)50(34(18-67)89-55)91-59-53(94-57-45(78)42(75)38(71)31(15-64)86-57)52(40(73)33(17-66)88-59)93-54-47(80)49(28(68)20-82-54)90-58-48(81)51(39(72)32(16-65)87-58)92-56-44(77)41(74)37(70)30(14-63)85-56/h21-34,36-59,63-68,70-81H,5-20H2,1-4H3/t21?,22?,23?,24?,25?,26?,27?,28-,29?,30-,31-,32-,33-,34-,36?,37-,38-,39-,40-,41+,42+,43-,44-,45-,46-,47-,48-,49+,50+,51+,52+,53-,54+,55-,56+,57+,58+,59+,60?,61?,62?/m1/s1. The van der Waals surface area contributed by atoms with Crippen molar-refractivity contribution in [3.8, 4) is 0 Å². The average molecular weight is 1370 g/mol. The van der Waals surface area contributed by atoms with Gasteiger partial charge >= 0.3 is 0 Å². The van der Waals surface area contributed by atoms with Crippen LogP contribution in [0.25, 0.3) is 0 Å². The van der Waals surface area contributed by atoms with E-state index in [2.05, 4.69) is 27.7 Å². The van der Waals surface area contributed by atoms with Gasteiger partial charge in [0.2, 0.25) is 0 Å². The summed E-state index contributed by atoms with van der Waals surface area (Å²) in [5.74, 6) is 0.982. The van der Waals surface area contributed by atoms with Gasteiger partial charge in [0.15, 0.2) is 43.5 Å². The lowest BCUT2D eigenvalue weighted by atomic mass is 9.44. The fourth-order valence-electron chi connectivity index (χ4n) is 18.5. The molecule has 0 radical (unpaired) electrons. The quantitative estimate of drug-likeness (QED) is 0.0602. The van der Waals surface area contributed by atoms with Crippen LogP contribution in [-0.2, 0) is 71.1 Å². The first kappa shape index (κ1) is 73.2. The van der Waals surface area contributed by atoms with Gasteiger partial charge in [-0.05, 0) is 80.0 Å². The van der Waals surface area contributed by atoms with E-state index in [1.807, 2.05) is 0 Å². The molecule has 41 atom stereocenters. The Bertz CT molecular complexity index is 2550. The normalized spacial score (nSPS) is 56.5. The maximum absolute atomic E-state index is 14.8. The highest BCUT2D eigenvalue weighted by Crippen LogP contribution is 2.70. The van der Waals surface area contributed by atoms with Crippen LogP contribution >= 0.6 is 0 Å². The van der Waals surface area contributed by atoms with Crippen molar-refractivity contribution >= 4 is 5.78 Å². The molecular formula is C62H100O33. The molecule has 0 aromatic heterocycles. The molecular weight excluding hydrogens is 1270 g/mol. The van der Waals surface area contributed by atoms with E-state index < -0.39 is 235 Å². The van der Waals surface area contributed by atoms with Gasteiger partial charge in [0.05, 0.1) is 58.5 Å². The smallest absolute Gasteiger partial charge is 0.187 e. The fraction of sp³-hybridized carbons (Fsp3) is 0.984. The van der Waals surface area contributed by atoms with Crippen molar-refractivity contribution in [1.82, 2.24) is 0 Å². The van der Waals surface area contributed by atoms with Crippen molar-refractivity contribution in [3.05, 3.63) is 0 Å². The summed E-state index contributed by atoms with van der Waals surface area (Å²) < 4.78 is 84.7. The minimum Gasteiger partial charge on any atom is -0.394 e. The van der Waals surface area contributed by atoms with E-state index in [1.165, 1.54) is 0 Å². The van der Waals surface area contributed by atoms with Crippen LogP contribution in [-0.4, -0.2) is 340 Å². The molecule has 0 aromatic rings. The van der Waals surface area contributed by atoms with Crippen molar-refractivity contribution < 1.29 is 163 Å². The maximum Gasteiger partial charge on any atom is 0.187 e. The SMILES string of the molecule is CC1CCC2(OC1)OC1CC3C4CCC5CC(O[C@@H]6O[C@H](CO)[C@H](O[C@@H]7O[C@H](CO)[C@@H](O)[C@H](O[C@@H]8OC[C@@H](O)[C@H](O[C@@H]9O[C@H](CO)[C@@H](O)[C@H](O[C@@H]%10O[C@H](CO)[C@@H](O)[C@H](O)[C@H]%10O)[C@H]9O)[C@H]8O)[C@H]7O[C@@H]7O[C@H](CO)[C@@H](O)[C@H](O)[C@H]7O)[C@H](O)[C@H]6O)CCC5(C)C4CC(=O)C3(C)C1C2C. The van der Waals surface area contributed by atoms with Crippen molar-refractivity contribution in [3.63, 3.8) is 0 Å². The van der Waals surface area contributed by atoms with Gasteiger partial charge in [-0.1, -0.05) is 27.7 Å². The Kier molecular flexibility index (Phi) is 22.3. The highest BCUT2D eigenvalue weighted by atomic mass is 16.8. The Labute approximate surface area is 547 Å². The zero-order chi connectivity index (χ0) is 68.2. The summed E-state index contributed by atoms with van der Waals surface area (Å²) >= 11 is 0. The second-order valence-corrected chi connectivity index (χ2v) is 29.4. The van der Waals surface area contributed by atoms with Crippen molar-refractivity contribution in [2.45, 2.75) is 282 Å². The predicted molar refractivity (Wildman–Crippen MR) is 308 cm³/mol. The molecule has 546 valence electrons. The van der Waals surface area contributed by atoms with Crippen LogP contribution in [0, 0.1) is 52.3 Å². The number of fused-ring (bicyclic) bond motifs is 7. The number of rotatable bonds is 17. The largest absolute Gasteiger partial charge is 0.394 e. The Morgan fingerprint density at radius 3 is 1.56 bits per heavy atom. The first-order valence-electron chi connectivity index (χ1n) is 33.7. The minimum absolute atomic E-state index is 0.0544. The van der Waals surface area contributed by atoms with E-state index >= 15 is 0 Å². The first-order chi connectivity index (χ1) is 45.2. The van der Waals surface area contributed by atoms with Crippen LogP contribution in [0.4, 0.5) is 0 Å². The average Bonchev–Trinajstić information content (AvgIpc) is 1.54. The van der Waals surface area contributed by atoms with E-state index in [1.54, 1.807) is 0 Å². The molecule has 12 aliphatic rings. The Morgan fingerprint density at radius 2 is 0.958 bits per heavy atom. The topological polar surface area (TPSA) is 510 Å². The third-order valence-electron chi connectivity index (χ3n) is 24.1. The van der Waals surface area contributed by atoms with Gasteiger partial charge in [-0.15, -0.1) is 0 Å². The number of aliphatic hydroxyl groups excluding tert-OH is 18. The minimum atomic E-state index is -2.21.